The van der Waals surface area contributed by atoms with Crippen LogP contribution < -0.4 is 10.6 Å². The lowest BCUT2D eigenvalue weighted by Crippen LogP contribution is -2.28. The van der Waals surface area contributed by atoms with Gasteiger partial charge in [-0.1, -0.05) is 19.3 Å². The third-order valence-corrected chi connectivity index (χ3v) is 3.15. The van der Waals surface area contributed by atoms with Crippen LogP contribution in [0.3, 0.4) is 0 Å². The summed E-state index contributed by atoms with van der Waals surface area (Å²) < 4.78 is 0. The Kier molecular flexibility index (Phi) is 7.88. The predicted molar refractivity (Wildman–Crippen MR) is 64.0 cm³/mol. The Hall–Kier alpha value is -0.120. The lowest BCUT2D eigenvalue weighted by molar-refractivity contribution is 0.291. The first kappa shape index (κ1) is 12.9. The fourth-order valence-corrected chi connectivity index (χ4v) is 2.24. The summed E-state index contributed by atoms with van der Waals surface area (Å²) in [5.41, 5.74) is 0. The van der Waals surface area contributed by atoms with Gasteiger partial charge in [-0.15, -0.1) is 0 Å². The summed E-state index contributed by atoms with van der Waals surface area (Å²) in [5, 5.41) is 15.3. The molecule has 0 spiro atoms. The molecule has 0 saturated heterocycles. The zero-order valence-corrected chi connectivity index (χ0v) is 9.80. The SMILES string of the molecule is OCCNCCCNCC1CCCCC1. The first-order valence-corrected chi connectivity index (χ1v) is 6.46. The highest BCUT2D eigenvalue weighted by Crippen LogP contribution is 2.22. The Morgan fingerprint density at radius 1 is 0.933 bits per heavy atom. The molecule has 3 N–H and O–H groups in total. The van der Waals surface area contributed by atoms with Crippen LogP contribution in [0.2, 0.25) is 0 Å². The molecule has 3 heteroatoms. The Morgan fingerprint density at radius 2 is 1.67 bits per heavy atom. The van der Waals surface area contributed by atoms with Crippen molar-refractivity contribution in [3.63, 3.8) is 0 Å². The number of hydrogen-bond acceptors (Lipinski definition) is 3. The van der Waals surface area contributed by atoms with E-state index in [1.807, 2.05) is 0 Å². The van der Waals surface area contributed by atoms with Crippen LogP contribution in [0.15, 0.2) is 0 Å². The molecule has 90 valence electrons. The number of aliphatic hydroxyl groups is 1. The average molecular weight is 214 g/mol. The molecular weight excluding hydrogens is 188 g/mol. The number of aliphatic hydroxyl groups excluding tert-OH is 1. The van der Waals surface area contributed by atoms with Crippen molar-refractivity contribution >= 4 is 0 Å². The fraction of sp³-hybridized carbons (Fsp3) is 1.00. The highest BCUT2D eigenvalue weighted by molar-refractivity contribution is 4.67. The molecule has 0 bridgehead atoms. The molecule has 1 rings (SSSR count). The van der Waals surface area contributed by atoms with E-state index >= 15 is 0 Å². The summed E-state index contributed by atoms with van der Waals surface area (Å²) >= 11 is 0. The molecular formula is C12H26N2O. The smallest absolute Gasteiger partial charge is 0.0555 e. The van der Waals surface area contributed by atoms with Crippen LogP contribution in [0.25, 0.3) is 0 Å². The third-order valence-electron chi connectivity index (χ3n) is 3.15. The summed E-state index contributed by atoms with van der Waals surface area (Å²) in [6.07, 6.45) is 8.33. The minimum atomic E-state index is 0.246. The predicted octanol–water partition coefficient (Wildman–Crippen LogP) is 1.13. The number of hydrogen-bond donors (Lipinski definition) is 3. The van der Waals surface area contributed by atoms with E-state index in [4.69, 9.17) is 5.11 Å². The molecule has 0 unspecified atom stereocenters. The Bertz CT molecular complexity index is 136. The van der Waals surface area contributed by atoms with Gasteiger partial charge in [0.2, 0.25) is 0 Å². The largest absolute Gasteiger partial charge is 0.395 e. The second kappa shape index (κ2) is 9.13. The van der Waals surface area contributed by atoms with Crippen molar-refractivity contribution in [2.75, 3.05) is 32.8 Å². The van der Waals surface area contributed by atoms with Gasteiger partial charge >= 0.3 is 0 Å². The van der Waals surface area contributed by atoms with Gasteiger partial charge in [-0.3, -0.25) is 0 Å². The number of nitrogens with one attached hydrogen (secondary N) is 2. The summed E-state index contributed by atoms with van der Waals surface area (Å²) in [4.78, 5) is 0. The van der Waals surface area contributed by atoms with Gasteiger partial charge in [-0.25, -0.2) is 0 Å². The van der Waals surface area contributed by atoms with Gasteiger partial charge in [0.1, 0.15) is 0 Å². The van der Waals surface area contributed by atoms with Crippen LogP contribution in [0, 0.1) is 5.92 Å². The van der Waals surface area contributed by atoms with Gasteiger partial charge < -0.3 is 15.7 Å². The van der Waals surface area contributed by atoms with Crippen molar-refractivity contribution in [2.45, 2.75) is 38.5 Å². The summed E-state index contributed by atoms with van der Waals surface area (Å²) in [6, 6.07) is 0. The molecule has 0 aromatic heterocycles. The molecule has 0 heterocycles. The van der Waals surface area contributed by atoms with Crippen LogP contribution >= 0.6 is 0 Å². The van der Waals surface area contributed by atoms with E-state index < -0.39 is 0 Å². The molecule has 15 heavy (non-hydrogen) atoms. The lowest BCUT2D eigenvalue weighted by Gasteiger charge is -2.21. The minimum Gasteiger partial charge on any atom is -0.395 e. The van der Waals surface area contributed by atoms with E-state index in [0.717, 1.165) is 32.0 Å². The van der Waals surface area contributed by atoms with Gasteiger partial charge in [-0.05, 0) is 44.8 Å². The molecule has 0 aromatic carbocycles. The first-order chi connectivity index (χ1) is 7.43. The summed E-state index contributed by atoms with van der Waals surface area (Å²) in [6.45, 7) is 4.30. The van der Waals surface area contributed by atoms with Crippen molar-refractivity contribution in [3.8, 4) is 0 Å². The molecule has 0 aromatic rings. The maximum atomic E-state index is 8.56. The van der Waals surface area contributed by atoms with Crippen molar-refractivity contribution < 1.29 is 5.11 Å². The minimum absolute atomic E-state index is 0.246. The molecule has 1 aliphatic rings. The van der Waals surface area contributed by atoms with Gasteiger partial charge in [0.25, 0.3) is 0 Å². The van der Waals surface area contributed by atoms with E-state index in [2.05, 4.69) is 10.6 Å². The van der Waals surface area contributed by atoms with E-state index in [1.165, 1.54) is 38.6 Å². The molecule has 0 amide bonds. The molecule has 1 saturated carbocycles. The van der Waals surface area contributed by atoms with Crippen molar-refractivity contribution in [1.29, 1.82) is 0 Å². The van der Waals surface area contributed by atoms with Crippen LogP contribution in [-0.2, 0) is 0 Å². The second-order valence-corrected chi connectivity index (χ2v) is 4.54. The average Bonchev–Trinajstić information content (AvgIpc) is 2.29. The van der Waals surface area contributed by atoms with Crippen molar-refractivity contribution in [1.82, 2.24) is 10.6 Å². The molecule has 3 nitrogen and oxygen atoms in total. The fourth-order valence-electron chi connectivity index (χ4n) is 2.24. The molecule has 0 aliphatic heterocycles. The van der Waals surface area contributed by atoms with E-state index in [-0.39, 0.29) is 6.61 Å². The maximum Gasteiger partial charge on any atom is 0.0555 e. The highest BCUT2D eigenvalue weighted by atomic mass is 16.3. The normalized spacial score (nSPS) is 18.2. The number of rotatable bonds is 8. The molecule has 1 fully saturated rings. The Balaban J connectivity index is 1.79. The summed E-state index contributed by atoms with van der Waals surface area (Å²) in [5.74, 6) is 0.934. The van der Waals surface area contributed by atoms with Gasteiger partial charge in [-0.2, -0.15) is 0 Å². The van der Waals surface area contributed by atoms with Crippen LogP contribution in [0.5, 0.6) is 0 Å². The molecule has 1 aliphatic carbocycles. The highest BCUT2D eigenvalue weighted by Gasteiger charge is 2.11. The van der Waals surface area contributed by atoms with Crippen LogP contribution in [-0.4, -0.2) is 37.9 Å². The third kappa shape index (κ3) is 6.88. The topological polar surface area (TPSA) is 44.3 Å². The van der Waals surface area contributed by atoms with Gasteiger partial charge in [0.15, 0.2) is 0 Å². The van der Waals surface area contributed by atoms with Gasteiger partial charge in [0, 0.05) is 6.54 Å². The van der Waals surface area contributed by atoms with Crippen LogP contribution in [0.4, 0.5) is 0 Å². The van der Waals surface area contributed by atoms with E-state index in [9.17, 15) is 0 Å². The Labute approximate surface area is 93.6 Å². The Morgan fingerprint density at radius 3 is 2.40 bits per heavy atom. The van der Waals surface area contributed by atoms with E-state index in [0.29, 0.717) is 0 Å². The monoisotopic (exact) mass is 214 g/mol. The molecule has 0 atom stereocenters. The maximum absolute atomic E-state index is 8.56. The van der Waals surface area contributed by atoms with Crippen molar-refractivity contribution in [3.05, 3.63) is 0 Å². The zero-order chi connectivity index (χ0) is 10.8. The lowest BCUT2D eigenvalue weighted by atomic mass is 9.89. The first-order valence-electron chi connectivity index (χ1n) is 6.46. The quantitative estimate of drug-likeness (QED) is 0.531. The zero-order valence-electron chi connectivity index (χ0n) is 9.80. The summed E-state index contributed by atoms with van der Waals surface area (Å²) in [7, 11) is 0. The van der Waals surface area contributed by atoms with Crippen molar-refractivity contribution in [2.24, 2.45) is 5.92 Å². The van der Waals surface area contributed by atoms with E-state index in [1.54, 1.807) is 0 Å². The van der Waals surface area contributed by atoms with Gasteiger partial charge in [0.05, 0.1) is 6.61 Å². The second-order valence-electron chi connectivity index (χ2n) is 4.54. The standard InChI is InChI=1S/C12H26N2O/c15-10-9-13-7-4-8-14-11-12-5-2-1-3-6-12/h12-15H,1-11H2. The molecule has 0 radical (unpaired) electrons. The van der Waals surface area contributed by atoms with Crippen LogP contribution in [0.1, 0.15) is 38.5 Å².